The van der Waals surface area contributed by atoms with E-state index in [1.54, 1.807) is 6.41 Å². The van der Waals surface area contributed by atoms with Crippen LogP contribution >= 0.6 is 0 Å². The smallest absolute Gasteiger partial charge is 0.314 e. The zero-order valence-electron chi connectivity index (χ0n) is 9.44. The highest BCUT2D eigenvalue weighted by Crippen LogP contribution is 2.25. The molecule has 1 aliphatic heterocycles. The van der Waals surface area contributed by atoms with Gasteiger partial charge in [-0.2, -0.15) is 0 Å². The van der Waals surface area contributed by atoms with Crippen LogP contribution in [0.5, 0.6) is 0 Å². The van der Waals surface area contributed by atoms with Crippen LogP contribution in [0.15, 0.2) is 24.3 Å². The van der Waals surface area contributed by atoms with Crippen molar-refractivity contribution in [1.82, 2.24) is 4.90 Å². The van der Waals surface area contributed by atoms with Crippen molar-refractivity contribution in [3.63, 3.8) is 0 Å². The molecule has 4 nitrogen and oxygen atoms in total. The lowest BCUT2D eigenvalue weighted by atomic mass is 10.2. The van der Waals surface area contributed by atoms with Crippen LogP contribution in [0.3, 0.4) is 0 Å². The molecule has 16 heavy (non-hydrogen) atoms. The van der Waals surface area contributed by atoms with Crippen LogP contribution in [0.1, 0.15) is 0 Å². The number of hydrogen-bond acceptors (Lipinski definition) is 3. The first-order valence-corrected chi connectivity index (χ1v) is 5.47. The molecule has 0 saturated carbocycles. The Morgan fingerprint density at radius 2 is 1.88 bits per heavy atom. The maximum absolute atomic E-state index is 10.4. The van der Waals surface area contributed by atoms with Crippen molar-refractivity contribution in [2.75, 3.05) is 43.4 Å². The Hall–Kier alpha value is -1.55. The summed E-state index contributed by atoms with van der Waals surface area (Å²) in [5, 5.41) is 2.62. The molecular weight excluding hydrogens is 202 g/mol. The minimum absolute atomic E-state index is 0.835. The number of anilines is 2. The van der Waals surface area contributed by atoms with Crippen molar-refractivity contribution < 1.29 is 4.79 Å². The van der Waals surface area contributed by atoms with Crippen LogP contribution in [0.25, 0.3) is 0 Å². The first kappa shape index (κ1) is 11.0. The van der Waals surface area contributed by atoms with Gasteiger partial charge >= 0.3 is 6.41 Å². The average Bonchev–Trinajstić information content (AvgIpc) is 2.32. The zero-order chi connectivity index (χ0) is 11.4. The quantitative estimate of drug-likeness (QED) is 0.766. The number of para-hydroxylation sites is 2. The predicted molar refractivity (Wildman–Crippen MR) is 65.5 cm³/mol. The fourth-order valence-corrected chi connectivity index (χ4v) is 1.96. The van der Waals surface area contributed by atoms with Gasteiger partial charge in [0, 0.05) is 26.2 Å². The first-order valence-electron chi connectivity index (χ1n) is 5.47. The second-order valence-corrected chi connectivity index (χ2v) is 4.03. The van der Waals surface area contributed by atoms with E-state index in [0.717, 1.165) is 37.6 Å². The lowest BCUT2D eigenvalue weighted by Crippen LogP contribution is -2.44. The van der Waals surface area contributed by atoms with E-state index in [1.807, 2.05) is 24.3 Å². The average molecular weight is 218 g/mol. The lowest BCUT2D eigenvalue weighted by molar-refractivity contribution is 0.313. The van der Waals surface area contributed by atoms with Crippen molar-refractivity contribution in [3.8, 4) is 0 Å². The fraction of sp³-hybridized carbons (Fsp3) is 0.417. The Balaban J connectivity index is 2.16. The van der Waals surface area contributed by atoms with Gasteiger partial charge in [-0.3, -0.25) is 4.79 Å². The molecule has 1 heterocycles. The van der Waals surface area contributed by atoms with Crippen LogP contribution in [-0.4, -0.2) is 44.5 Å². The Morgan fingerprint density at radius 3 is 2.56 bits per heavy atom. The standard InChI is InChI=1S/C12H16N3O/c1-14-6-8-15(9-7-14)12-5-3-2-4-11(12)13-10-16/h2-5H,6-9H2,1H3,(H,13,16). The molecule has 1 saturated heterocycles. The van der Waals surface area contributed by atoms with Gasteiger partial charge in [-0.25, -0.2) is 0 Å². The fourth-order valence-electron chi connectivity index (χ4n) is 1.96. The number of nitrogens with zero attached hydrogens (tertiary/aromatic N) is 2. The highest BCUT2D eigenvalue weighted by molar-refractivity contribution is 5.81. The first-order chi connectivity index (χ1) is 7.81. The van der Waals surface area contributed by atoms with E-state index in [1.165, 1.54) is 0 Å². The Morgan fingerprint density at radius 1 is 1.19 bits per heavy atom. The molecule has 1 amide bonds. The molecule has 0 aromatic heterocycles. The summed E-state index contributed by atoms with van der Waals surface area (Å²) in [4.78, 5) is 15.0. The number of rotatable bonds is 3. The number of carbonyl (C=O) groups excluding carboxylic acids is 1. The van der Waals surface area contributed by atoms with Crippen molar-refractivity contribution >= 4 is 17.8 Å². The molecular formula is C12H16N3O. The van der Waals surface area contributed by atoms with Crippen LogP contribution in [-0.2, 0) is 4.79 Å². The molecule has 1 radical (unpaired) electrons. The van der Waals surface area contributed by atoms with E-state index in [2.05, 4.69) is 22.2 Å². The molecule has 4 heteroatoms. The summed E-state index contributed by atoms with van der Waals surface area (Å²) in [6.45, 7) is 4.10. The number of likely N-dealkylation sites (N-methyl/N-ethyl adjacent to an activating group) is 1. The van der Waals surface area contributed by atoms with Crippen LogP contribution < -0.4 is 10.2 Å². The number of hydrogen-bond donors (Lipinski definition) is 1. The summed E-state index contributed by atoms with van der Waals surface area (Å²) >= 11 is 0. The van der Waals surface area contributed by atoms with E-state index >= 15 is 0 Å². The molecule has 1 fully saturated rings. The largest absolute Gasteiger partial charge is 0.367 e. The summed E-state index contributed by atoms with van der Waals surface area (Å²) in [7, 11) is 2.13. The molecule has 0 bridgehead atoms. The van der Waals surface area contributed by atoms with E-state index in [0.29, 0.717) is 0 Å². The maximum atomic E-state index is 10.4. The predicted octanol–water partition coefficient (Wildman–Crippen LogP) is 0.917. The number of amides is 1. The molecule has 0 aliphatic carbocycles. The van der Waals surface area contributed by atoms with Gasteiger partial charge in [0.2, 0.25) is 0 Å². The Labute approximate surface area is 95.8 Å². The van der Waals surface area contributed by atoms with Gasteiger partial charge in [0.05, 0.1) is 11.4 Å². The lowest BCUT2D eigenvalue weighted by Gasteiger charge is -2.34. The van der Waals surface area contributed by atoms with Crippen LogP contribution in [0, 0.1) is 0 Å². The summed E-state index contributed by atoms with van der Waals surface area (Å²) < 4.78 is 0. The number of benzene rings is 1. The van der Waals surface area contributed by atoms with Gasteiger partial charge in [0.25, 0.3) is 0 Å². The summed E-state index contributed by atoms with van der Waals surface area (Å²) in [6, 6.07) is 7.84. The molecule has 0 atom stereocenters. The third-order valence-electron chi connectivity index (χ3n) is 2.93. The normalized spacial score (nSPS) is 17.2. The Bertz CT molecular complexity index is 359. The molecule has 0 spiro atoms. The summed E-state index contributed by atoms with van der Waals surface area (Å²) in [5.74, 6) is 0. The van der Waals surface area contributed by atoms with Crippen molar-refractivity contribution in [3.05, 3.63) is 24.3 Å². The second kappa shape index (κ2) is 4.99. The monoisotopic (exact) mass is 218 g/mol. The maximum Gasteiger partial charge on any atom is 0.314 e. The van der Waals surface area contributed by atoms with Crippen molar-refractivity contribution in [2.24, 2.45) is 0 Å². The van der Waals surface area contributed by atoms with E-state index in [9.17, 15) is 4.79 Å². The minimum atomic E-state index is 0.835. The van der Waals surface area contributed by atoms with E-state index in [4.69, 9.17) is 0 Å². The van der Waals surface area contributed by atoms with Gasteiger partial charge in [-0.1, -0.05) is 12.1 Å². The molecule has 1 aliphatic rings. The molecule has 2 rings (SSSR count). The highest BCUT2D eigenvalue weighted by atomic mass is 16.1. The SMILES string of the molecule is CN1CCN(c2ccccc2N[C]=O)CC1. The number of nitrogens with one attached hydrogen (secondary N) is 1. The van der Waals surface area contributed by atoms with Gasteiger partial charge in [0.1, 0.15) is 0 Å². The molecule has 1 aromatic rings. The third-order valence-corrected chi connectivity index (χ3v) is 2.93. The van der Waals surface area contributed by atoms with E-state index in [-0.39, 0.29) is 0 Å². The Kier molecular flexibility index (Phi) is 3.41. The topological polar surface area (TPSA) is 35.6 Å². The van der Waals surface area contributed by atoms with Gasteiger partial charge < -0.3 is 15.1 Å². The highest BCUT2D eigenvalue weighted by Gasteiger charge is 2.16. The summed E-state index contributed by atoms with van der Waals surface area (Å²) in [5.41, 5.74) is 1.92. The summed E-state index contributed by atoms with van der Waals surface area (Å²) in [6.07, 6.45) is 1.74. The molecule has 1 aromatic carbocycles. The molecule has 85 valence electrons. The second-order valence-electron chi connectivity index (χ2n) is 4.03. The molecule has 1 N–H and O–H groups in total. The van der Waals surface area contributed by atoms with E-state index < -0.39 is 0 Å². The third kappa shape index (κ3) is 2.33. The zero-order valence-corrected chi connectivity index (χ0v) is 9.44. The van der Waals surface area contributed by atoms with Gasteiger partial charge in [-0.15, -0.1) is 0 Å². The van der Waals surface area contributed by atoms with Crippen molar-refractivity contribution in [1.29, 1.82) is 0 Å². The van der Waals surface area contributed by atoms with Gasteiger partial charge in [0.15, 0.2) is 0 Å². The minimum Gasteiger partial charge on any atom is -0.367 e. The number of piperazine rings is 1. The van der Waals surface area contributed by atoms with Crippen LogP contribution in [0.4, 0.5) is 11.4 Å². The van der Waals surface area contributed by atoms with Crippen molar-refractivity contribution in [2.45, 2.75) is 0 Å². The van der Waals surface area contributed by atoms with Gasteiger partial charge in [-0.05, 0) is 19.2 Å². The van der Waals surface area contributed by atoms with Crippen LogP contribution in [0.2, 0.25) is 0 Å². The molecule has 0 unspecified atom stereocenters.